The molecule has 0 atom stereocenters. The number of allylic oxidation sites excluding steroid dienone is 1. The van der Waals surface area contributed by atoms with Crippen molar-refractivity contribution in [3.63, 3.8) is 0 Å². The van der Waals surface area contributed by atoms with Crippen molar-refractivity contribution in [1.82, 2.24) is 4.98 Å². The standard InChI is InChI=1S/C9H12N2S/c1-6-3-8(4-7(2)10)11-5-9(6)12/h3-5,12H,10H2,1-2H3/b7-4-. The molecular formula is C9H12N2S. The molecule has 0 aliphatic carbocycles. The summed E-state index contributed by atoms with van der Waals surface area (Å²) in [6.07, 6.45) is 3.56. The molecule has 0 bridgehead atoms. The minimum absolute atomic E-state index is 0.758. The molecule has 3 heteroatoms. The Morgan fingerprint density at radius 3 is 2.83 bits per heavy atom. The summed E-state index contributed by atoms with van der Waals surface area (Å²) in [7, 11) is 0. The Labute approximate surface area is 77.9 Å². The van der Waals surface area contributed by atoms with Gasteiger partial charge in [-0.15, -0.1) is 12.6 Å². The van der Waals surface area contributed by atoms with E-state index in [-0.39, 0.29) is 0 Å². The van der Waals surface area contributed by atoms with Gasteiger partial charge in [0.15, 0.2) is 0 Å². The van der Waals surface area contributed by atoms with Gasteiger partial charge in [-0.3, -0.25) is 4.98 Å². The molecule has 1 aromatic rings. The molecular weight excluding hydrogens is 168 g/mol. The normalized spacial score (nSPS) is 11.8. The van der Waals surface area contributed by atoms with Gasteiger partial charge >= 0.3 is 0 Å². The van der Waals surface area contributed by atoms with E-state index >= 15 is 0 Å². The fourth-order valence-electron chi connectivity index (χ4n) is 0.883. The maximum atomic E-state index is 5.51. The van der Waals surface area contributed by atoms with Crippen LogP contribution in [0.15, 0.2) is 22.9 Å². The third-order valence-corrected chi connectivity index (χ3v) is 1.95. The fraction of sp³-hybridized carbons (Fsp3) is 0.222. The van der Waals surface area contributed by atoms with Crippen molar-refractivity contribution < 1.29 is 0 Å². The van der Waals surface area contributed by atoms with Crippen molar-refractivity contribution in [3.8, 4) is 0 Å². The first-order valence-corrected chi connectivity index (χ1v) is 4.13. The summed E-state index contributed by atoms with van der Waals surface area (Å²) in [5, 5.41) is 0. The lowest BCUT2D eigenvalue weighted by molar-refractivity contribution is 1.16. The lowest BCUT2D eigenvalue weighted by Gasteiger charge is -1.99. The molecule has 64 valence electrons. The topological polar surface area (TPSA) is 38.9 Å². The lowest BCUT2D eigenvalue weighted by atomic mass is 10.2. The molecule has 0 amide bonds. The zero-order valence-electron chi connectivity index (χ0n) is 7.20. The minimum atomic E-state index is 0.758. The Morgan fingerprint density at radius 2 is 2.33 bits per heavy atom. The minimum Gasteiger partial charge on any atom is -0.402 e. The van der Waals surface area contributed by atoms with Crippen LogP contribution in [0.3, 0.4) is 0 Å². The lowest BCUT2D eigenvalue weighted by Crippen LogP contribution is -1.91. The number of hydrogen-bond acceptors (Lipinski definition) is 3. The van der Waals surface area contributed by atoms with Crippen LogP contribution in [0.1, 0.15) is 18.2 Å². The predicted octanol–water partition coefficient (Wildman–Crippen LogP) is 2.00. The first-order chi connectivity index (χ1) is 5.59. The van der Waals surface area contributed by atoms with E-state index in [0.29, 0.717) is 0 Å². The summed E-state index contributed by atoms with van der Waals surface area (Å²) in [6, 6.07) is 1.96. The van der Waals surface area contributed by atoms with Gasteiger partial charge in [0.05, 0.1) is 5.69 Å². The fourth-order valence-corrected chi connectivity index (χ4v) is 1.01. The van der Waals surface area contributed by atoms with Gasteiger partial charge in [-0.2, -0.15) is 0 Å². The van der Waals surface area contributed by atoms with E-state index in [1.54, 1.807) is 6.20 Å². The van der Waals surface area contributed by atoms with Crippen molar-refractivity contribution in [3.05, 3.63) is 29.2 Å². The molecule has 2 nitrogen and oxygen atoms in total. The molecule has 0 aliphatic rings. The molecule has 0 unspecified atom stereocenters. The molecule has 0 saturated heterocycles. The van der Waals surface area contributed by atoms with Crippen LogP contribution in [0.5, 0.6) is 0 Å². The second kappa shape index (κ2) is 3.63. The number of pyridine rings is 1. The number of thiol groups is 1. The highest BCUT2D eigenvalue weighted by molar-refractivity contribution is 7.80. The quantitative estimate of drug-likeness (QED) is 0.649. The van der Waals surface area contributed by atoms with Crippen LogP contribution in [0.25, 0.3) is 6.08 Å². The molecule has 0 aliphatic heterocycles. The van der Waals surface area contributed by atoms with Crippen LogP contribution in [0.4, 0.5) is 0 Å². The number of rotatable bonds is 1. The van der Waals surface area contributed by atoms with Gasteiger partial charge in [0.25, 0.3) is 0 Å². The molecule has 0 fully saturated rings. The van der Waals surface area contributed by atoms with Gasteiger partial charge in [-0.1, -0.05) is 0 Å². The van der Waals surface area contributed by atoms with Crippen LogP contribution >= 0.6 is 12.6 Å². The van der Waals surface area contributed by atoms with E-state index in [4.69, 9.17) is 5.73 Å². The van der Waals surface area contributed by atoms with Crippen molar-refractivity contribution in [1.29, 1.82) is 0 Å². The average molecular weight is 180 g/mol. The van der Waals surface area contributed by atoms with Gasteiger partial charge < -0.3 is 5.73 Å². The highest BCUT2D eigenvalue weighted by Crippen LogP contribution is 2.12. The van der Waals surface area contributed by atoms with Gasteiger partial charge in [-0.25, -0.2) is 0 Å². The van der Waals surface area contributed by atoms with E-state index in [1.807, 2.05) is 26.0 Å². The van der Waals surface area contributed by atoms with Gasteiger partial charge in [-0.05, 0) is 31.6 Å². The molecule has 1 heterocycles. The van der Waals surface area contributed by atoms with E-state index in [0.717, 1.165) is 21.8 Å². The summed E-state index contributed by atoms with van der Waals surface area (Å²) in [6.45, 7) is 3.83. The van der Waals surface area contributed by atoms with Gasteiger partial charge in [0.1, 0.15) is 0 Å². The van der Waals surface area contributed by atoms with Crippen LogP contribution in [-0.2, 0) is 0 Å². The highest BCUT2D eigenvalue weighted by Gasteiger charge is 1.94. The third-order valence-electron chi connectivity index (χ3n) is 1.48. The zero-order chi connectivity index (χ0) is 9.14. The Morgan fingerprint density at radius 1 is 1.67 bits per heavy atom. The van der Waals surface area contributed by atoms with Crippen molar-refractivity contribution >= 4 is 18.7 Å². The number of hydrogen-bond donors (Lipinski definition) is 2. The predicted molar refractivity (Wildman–Crippen MR) is 54.1 cm³/mol. The summed E-state index contributed by atoms with van der Waals surface area (Å²) >= 11 is 4.22. The van der Waals surface area contributed by atoms with Gasteiger partial charge in [0, 0.05) is 16.8 Å². The Hall–Kier alpha value is -0.960. The molecule has 0 radical (unpaired) electrons. The van der Waals surface area contributed by atoms with E-state index in [2.05, 4.69) is 17.6 Å². The largest absolute Gasteiger partial charge is 0.402 e. The average Bonchev–Trinajstić information content (AvgIpc) is 1.96. The number of aryl methyl sites for hydroxylation is 1. The monoisotopic (exact) mass is 180 g/mol. The Bertz CT molecular complexity index is 314. The van der Waals surface area contributed by atoms with Crippen LogP contribution in [0.2, 0.25) is 0 Å². The maximum absolute atomic E-state index is 5.51. The van der Waals surface area contributed by atoms with Crippen molar-refractivity contribution in [2.45, 2.75) is 18.7 Å². The number of nitrogens with two attached hydrogens (primary N) is 1. The second-order valence-electron chi connectivity index (χ2n) is 2.78. The molecule has 0 saturated carbocycles. The van der Waals surface area contributed by atoms with Crippen molar-refractivity contribution in [2.24, 2.45) is 5.73 Å². The molecule has 0 aromatic carbocycles. The first-order valence-electron chi connectivity index (χ1n) is 3.69. The van der Waals surface area contributed by atoms with Crippen molar-refractivity contribution in [2.75, 3.05) is 0 Å². The molecule has 1 aromatic heterocycles. The SMILES string of the molecule is C/C(N)=C/c1cc(C)c(S)cn1. The first kappa shape index (κ1) is 9.13. The number of aromatic nitrogens is 1. The second-order valence-corrected chi connectivity index (χ2v) is 3.27. The maximum Gasteiger partial charge on any atom is 0.0650 e. The van der Waals surface area contributed by atoms with E-state index in [9.17, 15) is 0 Å². The highest BCUT2D eigenvalue weighted by atomic mass is 32.1. The van der Waals surface area contributed by atoms with Crippen LogP contribution < -0.4 is 5.73 Å². The van der Waals surface area contributed by atoms with Crippen LogP contribution in [0, 0.1) is 6.92 Å². The van der Waals surface area contributed by atoms with E-state index < -0.39 is 0 Å². The molecule has 12 heavy (non-hydrogen) atoms. The number of nitrogens with zero attached hydrogens (tertiary/aromatic N) is 1. The van der Waals surface area contributed by atoms with Crippen LogP contribution in [-0.4, -0.2) is 4.98 Å². The van der Waals surface area contributed by atoms with Gasteiger partial charge in [0.2, 0.25) is 0 Å². The Balaban J connectivity index is 3.05. The summed E-state index contributed by atoms with van der Waals surface area (Å²) in [5.74, 6) is 0. The summed E-state index contributed by atoms with van der Waals surface area (Å²) in [5.41, 5.74) is 8.26. The Kier molecular flexibility index (Phi) is 2.76. The summed E-state index contributed by atoms with van der Waals surface area (Å²) in [4.78, 5) is 5.05. The molecule has 1 rings (SSSR count). The molecule has 0 spiro atoms. The smallest absolute Gasteiger partial charge is 0.0650 e. The molecule has 2 N–H and O–H groups in total. The zero-order valence-corrected chi connectivity index (χ0v) is 8.10. The third kappa shape index (κ3) is 2.27. The summed E-state index contributed by atoms with van der Waals surface area (Å²) < 4.78 is 0. The van der Waals surface area contributed by atoms with E-state index in [1.165, 1.54) is 0 Å².